The molecule has 0 spiro atoms. The number of aliphatic hydroxyl groups excluding tert-OH is 1. The number of aliphatic hydroxyl groups is 1. The number of thiazole rings is 1. The minimum absolute atomic E-state index is 0.000143. The van der Waals surface area contributed by atoms with Gasteiger partial charge in [0.2, 0.25) is 0 Å². The summed E-state index contributed by atoms with van der Waals surface area (Å²) in [5, 5.41) is 30.2. The summed E-state index contributed by atoms with van der Waals surface area (Å²) in [5.74, 6) is -0.519. The number of benzene rings is 1. The van der Waals surface area contributed by atoms with Gasteiger partial charge in [-0.3, -0.25) is 4.68 Å². The molecule has 0 radical (unpaired) electrons. The second kappa shape index (κ2) is 11.3. The van der Waals surface area contributed by atoms with Crippen molar-refractivity contribution in [2.45, 2.75) is 90.8 Å². The zero-order valence-corrected chi connectivity index (χ0v) is 30.3. The molecule has 4 fully saturated rings. The van der Waals surface area contributed by atoms with Crippen molar-refractivity contribution in [1.82, 2.24) is 29.3 Å². The highest BCUT2D eigenvalue weighted by molar-refractivity contribution is 7.22. The van der Waals surface area contributed by atoms with E-state index in [0.717, 1.165) is 65.8 Å². The summed E-state index contributed by atoms with van der Waals surface area (Å²) >= 11 is 1.47. The normalized spacial score (nSPS) is 28.7. The molecule has 266 valence electrons. The predicted molar refractivity (Wildman–Crippen MR) is 195 cm³/mol. The van der Waals surface area contributed by atoms with Gasteiger partial charge in [0.25, 0.3) is 0 Å². The number of imidazole rings is 1. The topological polar surface area (TPSA) is 143 Å². The average molecular weight is 709 g/mol. The monoisotopic (exact) mass is 708 g/mol. The summed E-state index contributed by atoms with van der Waals surface area (Å²) in [5.41, 5.74) is 5.06. The molecule has 3 N–H and O–H groups in total. The van der Waals surface area contributed by atoms with Gasteiger partial charge in [-0.05, 0) is 86.0 Å². The molecule has 0 amide bonds. The van der Waals surface area contributed by atoms with Crippen LogP contribution in [-0.4, -0.2) is 64.7 Å². The molecule has 10 rings (SSSR count). The molecule has 0 saturated heterocycles. The summed E-state index contributed by atoms with van der Waals surface area (Å²) in [4.78, 5) is 28.6. The Bertz CT molecular complexity index is 2140. The third-order valence-electron chi connectivity index (χ3n) is 12.1. The maximum atomic E-state index is 12.7. The van der Waals surface area contributed by atoms with Crippen LogP contribution in [-0.2, 0) is 24.4 Å². The molecule has 4 aromatic heterocycles. The van der Waals surface area contributed by atoms with Gasteiger partial charge in [-0.25, -0.2) is 19.7 Å². The Kier molecular flexibility index (Phi) is 7.24. The molecule has 13 heteroatoms. The number of rotatable bonds is 9. The quantitative estimate of drug-likeness (QED) is 0.143. The summed E-state index contributed by atoms with van der Waals surface area (Å²) in [6.07, 6.45) is 9.35. The van der Waals surface area contributed by atoms with Gasteiger partial charge in [-0.2, -0.15) is 5.10 Å². The number of pyridine rings is 1. The van der Waals surface area contributed by atoms with E-state index in [1.165, 1.54) is 17.8 Å². The van der Waals surface area contributed by atoms with Crippen LogP contribution in [0.5, 0.6) is 0 Å². The first-order valence-electron chi connectivity index (χ1n) is 17.8. The first kappa shape index (κ1) is 32.6. The van der Waals surface area contributed by atoms with E-state index >= 15 is 0 Å². The average Bonchev–Trinajstić information content (AvgIpc) is 3.78. The molecule has 12 nitrogen and oxygen atoms in total. The van der Waals surface area contributed by atoms with E-state index in [4.69, 9.17) is 14.8 Å². The number of nitrogens with one attached hydrogen (secondary N) is 1. The highest BCUT2D eigenvalue weighted by Crippen LogP contribution is 2.72. The van der Waals surface area contributed by atoms with Crippen LogP contribution in [0, 0.1) is 23.2 Å². The van der Waals surface area contributed by atoms with Crippen LogP contribution >= 0.6 is 11.3 Å². The number of aromatic nitrogens is 6. The number of hydrogen-bond donors (Lipinski definition) is 3. The Hall–Kier alpha value is -4.33. The number of methoxy groups -OCH3 is 1. The van der Waals surface area contributed by atoms with Crippen molar-refractivity contribution in [3.63, 3.8) is 0 Å². The fourth-order valence-corrected chi connectivity index (χ4v) is 12.1. The van der Waals surface area contributed by atoms with Crippen LogP contribution in [0.2, 0.25) is 0 Å². The van der Waals surface area contributed by atoms with Gasteiger partial charge >= 0.3 is 5.97 Å². The zero-order valence-electron chi connectivity index (χ0n) is 29.5. The number of fused-ring (bicyclic) bond motifs is 2. The molecular formula is C38H44N8O4S. The molecule has 5 aliphatic rings. The second-order valence-corrected chi connectivity index (χ2v) is 17.5. The Morgan fingerprint density at radius 1 is 1.02 bits per heavy atom. The van der Waals surface area contributed by atoms with E-state index in [0.29, 0.717) is 41.8 Å². The molecule has 1 aromatic carbocycles. The van der Waals surface area contributed by atoms with Crippen molar-refractivity contribution < 1.29 is 19.7 Å². The predicted octanol–water partition coefficient (Wildman–Crippen LogP) is 6.65. The second-order valence-electron chi connectivity index (χ2n) is 16.5. The van der Waals surface area contributed by atoms with Crippen molar-refractivity contribution in [3.8, 4) is 11.1 Å². The third kappa shape index (κ3) is 5.43. The Balaban J connectivity index is 0.963. The maximum absolute atomic E-state index is 12.7. The Morgan fingerprint density at radius 3 is 2.55 bits per heavy atom. The minimum Gasteiger partial charge on any atom is -0.476 e. The summed E-state index contributed by atoms with van der Waals surface area (Å²) in [6.45, 7) is 9.39. The van der Waals surface area contributed by atoms with Crippen molar-refractivity contribution >= 4 is 38.5 Å². The van der Waals surface area contributed by atoms with E-state index in [-0.39, 0.29) is 27.5 Å². The highest BCUT2D eigenvalue weighted by Gasteiger charge is 2.66. The lowest BCUT2D eigenvalue weighted by atomic mass is 9.39. The number of anilines is 2. The van der Waals surface area contributed by atoms with E-state index in [2.05, 4.69) is 33.8 Å². The van der Waals surface area contributed by atoms with Crippen LogP contribution < -0.4 is 10.2 Å². The Morgan fingerprint density at radius 2 is 1.80 bits per heavy atom. The fourth-order valence-electron chi connectivity index (χ4n) is 11.2. The number of carboxylic acid groups (broad SMARTS) is 1. The maximum Gasteiger partial charge on any atom is 0.355 e. The molecule has 4 bridgehead atoms. The van der Waals surface area contributed by atoms with Crippen LogP contribution in [0.25, 0.3) is 21.3 Å². The van der Waals surface area contributed by atoms with Crippen LogP contribution in [0.3, 0.4) is 0 Å². The van der Waals surface area contributed by atoms with Gasteiger partial charge in [0.05, 0.1) is 40.6 Å². The van der Waals surface area contributed by atoms with E-state index < -0.39 is 12.2 Å². The summed E-state index contributed by atoms with van der Waals surface area (Å²) < 4.78 is 11.4. The van der Waals surface area contributed by atoms with Crippen molar-refractivity contribution in [2.24, 2.45) is 16.2 Å². The first-order chi connectivity index (χ1) is 24.4. The van der Waals surface area contributed by atoms with E-state index in [1.807, 2.05) is 59.9 Å². The molecule has 5 heterocycles. The van der Waals surface area contributed by atoms with Crippen molar-refractivity contribution in [3.05, 3.63) is 71.7 Å². The molecule has 3 atom stereocenters. The van der Waals surface area contributed by atoms with Gasteiger partial charge in [-0.1, -0.05) is 37.3 Å². The van der Waals surface area contributed by atoms with Gasteiger partial charge in [0, 0.05) is 43.6 Å². The number of carbonyl (C=O) groups is 1. The number of ether oxygens (including phenoxy) is 1. The van der Waals surface area contributed by atoms with E-state index in [9.17, 15) is 15.0 Å². The molecular weight excluding hydrogens is 665 g/mol. The zero-order chi connectivity index (χ0) is 35.3. The lowest BCUT2D eigenvalue weighted by Gasteiger charge is -2.69. The van der Waals surface area contributed by atoms with Gasteiger partial charge in [-0.15, -0.1) is 0 Å². The largest absolute Gasteiger partial charge is 0.476 e. The standard InChI is InChI=1S/C38H44N8O4S/c1-23-25(13-40-46(23)21-37-16-35(2)15-36(3,17-37)19-38(18-35,20-37)50-4)24-9-10-29(42-30(24)33(48)49)44-11-12-45-22-39-31(27(45)14-44)32(47)43-34-41-26-7-5-6-8-28(26)51-34/h5-10,13,22,32,47H,11-12,14-21H2,1-4H3,(H,41,43)(H,48,49). The third-order valence-corrected chi connectivity index (χ3v) is 13.1. The lowest BCUT2D eigenvalue weighted by molar-refractivity contribution is -0.239. The Labute approximate surface area is 300 Å². The van der Waals surface area contributed by atoms with Gasteiger partial charge in [0.1, 0.15) is 11.5 Å². The number of carboxylic acids is 1. The molecule has 4 saturated carbocycles. The van der Waals surface area contributed by atoms with Crippen LogP contribution in [0.15, 0.2) is 48.9 Å². The molecule has 51 heavy (non-hydrogen) atoms. The number of nitrogens with zero attached hydrogens (tertiary/aromatic N) is 7. The smallest absolute Gasteiger partial charge is 0.355 e. The molecule has 1 aliphatic heterocycles. The molecule has 4 aliphatic carbocycles. The summed E-state index contributed by atoms with van der Waals surface area (Å²) in [7, 11) is 1.89. The van der Waals surface area contributed by atoms with Gasteiger partial charge in [0.15, 0.2) is 17.1 Å². The van der Waals surface area contributed by atoms with Crippen LogP contribution in [0.1, 0.15) is 86.2 Å². The number of para-hydroxylation sites is 1. The van der Waals surface area contributed by atoms with Crippen LogP contribution in [0.4, 0.5) is 10.9 Å². The number of hydrogen-bond acceptors (Lipinski definition) is 10. The summed E-state index contributed by atoms with van der Waals surface area (Å²) in [6, 6.07) is 11.6. The SMILES string of the molecule is COC12CC3(C)CC(C)(CC(Cn4ncc(-c5ccc(N6CCn7cnc(C(O)Nc8nc9ccccc9s8)c7C6)nc5C(=O)O)c4C)(C3)C1)C2. The molecule has 3 unspecified atom stereocenters. The van der Waals surface area contributed by atoms with Crippen molar-refractivity contribution in [1.29, 1.82) is 0 Å². The van der Waals surface area contributed by atoms with Gasteiger partial charge < -0.3 is 29.7 Å². The number of aromatic carboxylic acids is 1. The minimum atomic E-state index is -1.08. The fraction of sp³-hybridized carbons (Fsp3) is 0.500. The highest BCUT2D eigenvalue weighted by atomic mass is 32.1. The van der Waals surface area contributed by atoms with E-state index in [1.54, 1.807) is 12.5 Å². The first-order valence-corrected chi connectivity index (χ1v) is 18.6. The lowest BCUT2D eigenvalue weighted by Crippen LogP contribution is -2.64. The molecule has 5 aromatic rings. The van der Waals surface area contributed by atoms with Crippen molar-refractivity contribution in [2.75, 3.05) is 23.9 Å².